The zero-order valence-corrected chi connectivity index (χ0v) is 9.70. The molecule has 0 unspecified atom stereocenters. The molecule has 0 saturated heterocycles. The van der Waals surface area contributed by atoms with Crippen molar-refractivity contribution in [2.24, 2.45) is 0 Å². The summed E-state index contributed by atoms with van der Waals surface area (Å²) in [7, 11) is 0. The van der Waals surface area contributed by atoms with Crippen LogP contribution >= 0.6 is 11.8 Å². The van der Waals surface area contributed by atoms with E-state index in [0.717, 1.165) is 5.56 Å². The summed E-state index contributed by atoms with van der Waals surface area (Å²) in [5, 5.41) is 9.35. The summed E-state index contributed by atoms with van der Waals surface area (Å²) < 4.78 is 0. The average Bonchev–Trinajstić information content (AvgIpc) is 2.37. The predicted octanol–water partition coefficient (Wildman–Crippen LogP) is 1.93. The number of nitrogens with zero attached hydrogens (tertiary/aromatic N) is 2. The number of hydrogen-bond acceptors (Lipinski definition) is 4. The van der Waals surface area contributed by atoms with Crippen LogP contribution < -0.4 is 5.56 Å². The highest BCUT2D eigenvalue weighted by molar-refractivity contribution is 7.98. The Hall–Kier alpha value is -2.06. The number of rotatable bonds is 3. The Kier molecular flexibility index (Phi) is 3.58. The Morgan fingerprint density at radius 2 is 2.29 bits per heavy atom. The largest absolute Gasteiger partial charge is 0.301 e. The molecule has 2 aromatic rings. The Labute approximate surface area is 102 Å². The first-order valence-electron chi connectivity index (χ1n) is 4.95. The van der Waals surface area contributed by atoms with Crippen LogP contribution in [0.25, 0.3) is 0 Å². The molecule has 0 saturated carbocycles. The summed E-state index contributed by atoms with van der Waals surface area (Å²) in [6, 6.07) is 10.8. The zero-order chi connectivity index (χ0) is 12.1. The molecule has 0 spiro atoms. The van der Waals surface area contributed by atoms with Gasteiger partial charge in [0, 0.05) is 18.0 Å². The highest BCUT2D eigenvalue weighted by Gasteiger charge is 1.99. The maximum absolute atomic E-state index is 11.1. The van der Waals surface area contributed by atoms with Gasteiger partial charge in [0.15, 0.2) is 5.16 Å². The molecule has 5 heteroatoms. The Balaban J connectivity index is 2.07. The van der Waals surface area contributed by atoms with E-state index in [4.69, 9.17) is 5.26 Å². The highest BCUT2D eigenvalue weighted by Crippen LogP contribution is 2.18. The lowest BCUT2D eigenvalue weighted by molar-refractivity contribution is 0.936. The number of aromatic amines is 1. The molecule has 1 heterocycles. The molecular formula is C12H9N3OS. The average molecular weight is 243 g/mol. The smallest absolute Gasteiger partial charge is 0.251 e. The number of aromatic nitrogens is 2. The quantitative estimate of drug-likeness (QED) is 0.660. The zero-order valence-electron chi connectivity index (χ0n) is 8.88. The van der Waals surface area contributed by atoms with Gasteiger partial charge in [0.25, 0.3) is 5.56 Å². The minimum Gasteiger partial charge on any atom is -0.301 e. The second-order valence-corrected chi connectivity index (χ2v) is 4.30. The highest BCUT2D eigenvalue weighted by atomic mass is 32.2. The topological polar surface area (TPSA) is 69.5 Å². The van der Waals surface area contributed by atoms with Gasteiger partial charge in [-0.15, -0.1) is 0 Å². The molecule has 0 aliphatic carbocycles. The molecule has 2 rings (SSSR count). The van der Waals surface area contributed by atoms with Crippen LogP contribution in [0, 0.1) is 11.3 Å². The van der Waals surface area contributed by atoms with Gasteiger partial charge in [-0.25, -0.2) is 4.98 Å². The molecular weight excluding hydrogens is 234 g/mol. The number of hydrogen-bond donors (Lipinski definition) is 1. The molecule has 0 radical (unpaired) electrons. The van der Waals surface area contributed by atoms with Crippen LogP contribution in [0.3, 0.4) is 0 Å². The first-order valence-corrected chi connectivity index (χ1v) is 5.93. The number of thioether (sulfide) groups is 1. The lowest BCUT2D eigenvalue weighted by atomic mass is 10.2. The van der Waals surface area contributed by atoms with Crippen molar-refractivity contribution in [3.05, 3.63) is 58.0 Å². The van der Waals surface area contributed by atoms with Gasteiger partial charge < -0.3 is 4.98 Å². The Morgan fingerprint density at radius 3 is 3.06 bits per heavy atom. The van der Waals surface area contributed by atoms with Crippen LogP contribution in [0.1, 0.15) is 11.1 Å². The second kappa shape index (κ2) is 5.32. The molecule has 1 N–H and O–H groups in total. The van der Waals surface area contributed by atoms with Crippen molar-refractivity contribution in [1.82, 2.24) is 9.97 Å². The molecule has 0 aliphatic heterocycles. The molecule has 0 aliphatic rings. The van der Waals surface area contributed by atoms with Crippen molar-refractivity contribution in [1.29, 1.82) is 5.26 Å². The molecule has 0 atom stereocenters. The lowest BCUT2D eigenvalue weighted by Crippen LogP contribution is -2.05. The van der Waals surface area contributed by atoms with E-state index < -0.39 is 0 Å². The summed E-state index contributed by atoms with van der Waals surface area (Å²) in [6.45, 7) is 0. The SMILES string of the molecule is N#Cc1cccc(CSc2nccc(=O)[nH]2)c1. The van der Waals surface area contributed by atoms with Gasteiger partial charge in [0.2, 0.25) is 0 Å². The first-order chi connectivity index (χ1) is 8.28. The van der Waals surface area contributed by atoms with Crippen molar-refractivity contribution in [2.45, 2.75) is 10.9 Å². The van der Waals surface area contributed by atoms with Crippen molar-refractivity contribution in [3.8, 4) is 6.07 Å². The van der Waals surface area contributed by atoms with E-state index in [9.17, 15) is 4.79 Å². The third-order valence-electron chi connectivity index (χ3n) is 2.08. The first kappa shape index (κ1) is 11.4. The fourth-order valence-electron chi connectivity index (χ4n) is 1.31. The normalized spacial score (nSPS) is 9.82. The van der Waals surface area contributed by atoms with Gasteiger partial charge in [0.05, 0.1) is 11.6 Å². The van der Waals surface area contributed by atoms with Gasteiger partial charge >= 0.3 is 0 Å². The fraction of sp³-hybridized carbons (Fsp3) is 0.0833. The Morgan fingerprint density at radius 1 is 1.41 bits per heavy atom. The molecule has 0 bridgehead atoms. The molecule has 0 amide bonds. The lowest BCUT2D eigenvalue weighted by Gasteiger charge is -2.01. The summed E-state index contributed by atoms with van der Waals surface area (Å²) in [5.74, 6) is 0.669. The van der Waals surface area contributed by atoms with E-state index in [2.05, 4.69) is 16.0 Å². The molecule has 0 fully saturated rings. The predicted molar refractivity (Wildman–Crippen MR) is 65.6 cm³/mol. The van der Waals surface area contributed by atoms with Crippen LogP contribution in [0.5, 0.6) is 0 Å². The molecule has 1 aromatic carbocycles. The number of nitrogens with one attached hydrogen (secondary N) is 1. The van der Waals surface area contributed by atoms with E-state index in [1.54, 1.807) is 6.07 Å². The van der Waals surface area contributed by atoms with E-state index in [1.165, 1.54) is 24.0 Å². The maximum atomic E-state index is 11.1. The monoisotopic (exact) mass is 243 g/mol. The number of benzene rings is 1. The third kappa shape index (κ3) is 3.20. The third-order valence-corrected chi connectivity index (χ3v) is 3.04. The van der Waals surface area contributed by atoms with Gasteiger partial charge in [-0.3, -0.25) is 4.79 Å². The minimum atomic E-state index is -0.159. The van der Waals surface area contributed by atoms with Gasteiger partial charge in [-0.1, -0.05) is 23.9 Å². The van der Waals surface area contributed by atoms with Crippen molar-refractivity contribution in [2.75, 3.05) is 0 Å². The van der Waals surface area contributed by atoms with Crippen LogP contribution in [-0.2, 0) is 5.75 Å². The fourth-order valence-corrected chi connectivity index (χ4v) is 2.10. The summed E-state index contributed by atoms with van der Waals surface area (Å²) >= 11 is 1.43. The molecule has 1 aromatic heterocycles. The van der Waals surface area contributed by atoms with Gasteiger partial charge in [-0.2, -0.15) is 5.26 Å². The van der Waals surface area contributed by atoms with Crippen molar-refractivity contribution < 1.29 is 0 Å². The van der Waals surface area contributed by atoms with E-state index in [0.29, 0.717) is 16.5 Å². The summed E-state index contributed by atoms with van der Waals surface area (Å²) in [4.78, 5) is 17.7. The molecule has 84 valence electrons. The number of nitriles is 1. The second-order valence-electron chi connectivity index (χ2n) is 3.34. The summed E-state index contributed by atoms with van der Waals surface area (Å²) in [5.41, 5.74) is 1.51. The summed E-state index contributed by atoms with van der Waals surface area (Å²) in [6.07, 6.45) is 1.48. The van der Waals surface area contributed by atoms with Gasteiger partial charge in [-0.05, 0) is 17.7 Å². The maximum Gasteiger partial charge on any atom is 0.251 e. The van der Waals surface area contributed by atoms with Crippen LogP contribution in [0.4, 0.5) is 0 Å². The standard InChI is InChI=1S/C12H9N3OS/c13-7-9-2-1-3-10(6-9)8-17-12-14-5-4-11(16)15-12/h1-6H,8H2,(H,14,15,16). The minimum absolute atomic E-state index is 0.159. The van der Waals surface area contributed by atoms with E-state index in [-0.39, 0.29) is 5.56 Å². The van der Waals surface area contributed by atoms with Crippen LogP contribution in [-0.4, -0.2) is 9.97 Å². The molecule has 4 nitrogen and oxygen atoms in total. The van der Waals surface area contributed by atoms with E-state index >= 15 is 0 Å². The number of H-pyrrole nitrogens is 1. The van der Waals surface area contributed by atoms with Gasteiger partial charge in [0.1, 0.15) is 0 Å². The van der Waals surface area contributed by atoms with Crippen molar-refractivity contribution in [3.63, 3.8) is 0 Å². The molecule has 17 heavy (non-hydrogen) atoms. The van der Waals surface area contributed by atoms with E-state index in [1.807, 2.05) is 18.2 Å². The van der Waals surface area contributed by atoms with Crippen LogP contribution in [0.15, 0.2) is 46.5 Å². The Bertz CT molecular complexity index is 615. The van der Waals surface area contributed by atoms with Crippen molar-refractivity contribution >= 4 is 11.8 Å². The van der Waals surface area contributed by atoms with Crippen LogP contribution in [0.2, 0.25) is 0 Å².